The molecule has 0 aliphatic heterocycles. The van der Waals surface area contributed by atoms with Crippen LogP contribution in [0.1, 0.15) is 31.7 Å². The topological polar surface area (TPSA) is 21.3 Å². The summed E-state index contributed by atoms with van der Waals surface area (Å²) in [6, 6.07) is 6.96. The molecule has 1 aromatic carbocycles. The Bertz CT molecular complexity index is 376. The van der Waals surface area contributed by atoms with Crippen LogP contribution in [-0.2, 0) is 0 Å². The van der Waals surface area contributed by atoms with Crippen molar-refractivity contribution in [2.45, 2.75) is 45.3 Å². The van der Waals surface area contributed by atoms with Gasteiger partial charge in [-0.2, -0.15) is 0 Å². The van der Waals surface area contributed by atoms with Crippen LogP contribution in [0.25, 0.3) is 0 Å². The SMILES string of the molecule is CCC(CNC1CC1)Oc1ccc(C)cc1Br. The third-order valence-electron chi connectivity index (χ3n) is 3.05. The molecule has 1 unspecified atom stereocenters. The van der Waals surface area contributed by atoms with Crippen molar-refractivity contribution in [3.8, 4) is 5.75 Å². The molecule has 0 aromatic heterocycles. The first-order valence-electron chi connectivity index (χ1n) is 6.35. The Labute approximate surface area is 112 Å². The first-order chi connectivity index (χ1) is 8.19. The van der Waals surface area contributed by atoms with Gasteiger partial charge in [-0.25, -0.2) is 0 Å². The minimum absolute atomic E-state index is 0.259. The van der Waals surface area contributed by atoms with Gasteiger partial charge in [0.1, 0.15) is 11.9 Å². The zero-order chi connectivity index (χ0) is 12.3. The first-order valence-corrected chi connectivity index (χ1v) is 7.14. The normalized spacial score (nSPS) is 16.9. The van der Waals surface area contributed by atoms with Crippen molar-refractivity contribution >= 4 is 15.9 Å². The fraction of sp³-hybridized carbons (Fsp3) is 0.571. The van der Waals surface area contributed by atoms with Crippen molar-refractivity contribution in [1.82, 2.24) is 5.32 Å². The Balaban J connectivity index is 1.91. The molecule has 0 heterocycles. The van der Waals surface area contributed by atoms with E-state index >= 15 is 0 Å². The molecule has 1 aliphatic carbocycles. The summed E-state index contributed by atoms with van der Waals surface area (Å²) in [5.74, 6) is 0.944. The zero-order valence-electron chi connectivity index (χ0n) is 10.5. The maximum Gasteiger partial charge on any atom is 0.133 e. The molecule has 94 valence electrons. The highest BCUT2D eigenvalue weighted by Crippen LogP contribution is 2.27. The van der Waals surface area contributed by atoms with E-state index in [1.165, 1.54) is 18.4 Å². The molecule has 1 fully saturated rings. The minimum Gasteiger partial charge on any atom is -0.488 e. The van der Waals surface area contributed by atoms with Crippen molar-refractivity contribution in [1.29, 1.82) is 0 Å². The molecule has 2 rings (SSSR count). The van der Waals surface area contributed by atoms with Gasteiger partial charge in [-0.15, -0.1) is 0 Å². The van der Waals surface area contributed by atoms with Crippen LogP contribution >= 0.6 is 15.9 Å². The van der Waals surface area contributed by atoms with Crippen LogP contribution in [0.15, 0.2) is 22.7 Å². The molecule has 1 atom stereocenters. The third-order valence-corrected chi connectivity index (χ3v) is 3.67. The number of rotatable bonds is 6. The van der Waals surface area contributed by atoms with Gasteiger partial charge < -0.3 is 10.1 Å². The lowest BCUT2D eigenvalue weighted by Crippen LogP contribution is -2.32. The molecule has 0 saturated heterocycles. The maximum absolute atomic E-state index is 6.02. The third kappa shape index (κ3) is 4.00. The van der Waals surface area contributed by atoms with Crippen molar-refractivity contribution < 1.29 is 4.74 Å². The monoisotopic (exact) mass is 297 g/mol. The number of halogens is 1. The Hall–Kier alpha value is -0.540. The Morgan fingerprint density at radius 2 is 2.24 bits per heavy atom. The quantitative estimate of drug-likeness (QED) is 0.865. The lowest BCUT2D eigenvalue weighted by molar-refractivity contribution is 0.191. The highest BCUT2D eigenvalue weighted by atomic mass is 79.9. The van der Waals surface area contributed by atoms with E-state index in [1.807, 2.05) is 6.07 Å². The van der Waals surface area contributed by atoms with Crippen LogP contribution in [0.2, 0.25) is 0 Å². The van der Waals surface area contributed by atoms with Crippen LogP contribution < -0.4 is 10.1 Å². The molecule has 1 aliphatic rings. The van der Waals surface area contributed by atoms with Gasteiger partial charge >= 0.3 is 0 Å². The molecule has 1 aromatic rings. The molecule has 0 radical (unpaired) electrons. The summed E-state index contributed by atoms with van der Waals surface area (Å²) in [6.07, 6.45) is 3.93. The average molecular weight is 298 g/mol. The van der Waals surface area contributed by atoms with Gasteiger partial charge in [0.2, 0.25) is 0 Å². The van der Waals surface area contributed by atoms with Crippen molar-refractivity contribution in [2.75, 3.05) is 6.54 Å². The minimum atomic E-state index is 0.259. The summed E-state index contributed by atoms with van der Waals surface area (Å²) < 4.78 is 7.06. The van der Waals surface area contributed by atoms with Crippen LogP contribution in [-0.4, -0.2) is 18.7 Å². The van der Waals surface area contributed by atoms with E-state index in [2.05, 4.69) is 47.2 Å². The Morgan fingerprint density at radius 3 is 2.82 bits per heavy atom. The number of hydrogen-bond acceptors (Lipinski definition) is 2. The predicted octanol–water partition coefficient (Wildman–Crippen LogP) is 3.67. The van der Waals surface area contributed by atoms with Crippen LogP contribution in [0.3, 0.4) is 0 Å². The second-order valence-corrected chi connectivity index (χ2v) is 5.62. The molecular formula is C14H20BrNO. The largest absolute Gasteiger partial charge is 0.488 e. The summed E-state index contributed by atoms with van der Waals surface area (Å²) in [5, 5.41) is 3.52. The molecule has 3 heteroatoms. The molecule has 17 heavy (non-hydrogen) atoms. The van der Waals surface area contributed by atoms with Crippen molar-refractivity contribution in [2.24, 2.45) is 0 Å². The van der Waals surface area contributed by atoms with Crippen LogP contribution in [0.4, 0.5) is 0 Å². The highest BCUT2D eigenvalue weighted by molar-refractivity contribution is 9.10. The van der Waals surface area contributed by atoms with Crippen LogP contribution in [0, 0.1) is 6.92 Å². The molecule has 0 bridgehead atoms. The number of ether oxygens (including phenoxy) is 1. The van der Waals surface area contributed by atoms with Gasteiger partial charge in [0.05, 0.1) is 4.47 Å². The van der Waals surface area contributed by atoms with Crippen LogP contribution in [0.5, 0.6) is 5.75 Å². The highest BCUT2D eigenvalue weighted by Gasteiger charge is 2.22. The smallest absolute Gasteiger partial charge is 0.133 e. The van der Waals surface area contributed by atoms with E-state index in [9.17, 15) is 0 Å². The van der Waals surface area contributed by atoms with E-state index in [4.69, 9.17) is 4.74 Å². The Morgan fingerprint density at radius 1 is 1.47 bits per heavy atom. The maximum atomic E-state index is 6.02. The van der Waals surface area contributed by atoms with Gasteiger partial charge in [-0.05, 0) is 59.8 Å². The molecule has 0 amide bonds. The molecule has 0 spiro atoms. The average Bonchev–Trinajstić information content (AvgIpc) is 3.11. The van der Waals surface area contributed by atoms with Crippen molar-refractivity contribution in [3.63, 3.8) is 0 Å². The lowest BCUT2D eigenvalue weighted by atomic mass is 10.2. The standard InChI is InChI=1S/C14H20BrNO/c1-3-12(9-16-11-5-6-11)17-14-7-4-10(2)8-13(14)15/h4,7-8,11-12,16H,3,5-6,9H2,1-2H3. The number of benzene rings is 1. The van der Waals surface area contributed by atoms with Gasteiger partial charge in [-0.1, -0.05) is 13.0 Å². The zero-order valence-corrected chi connectivity index (χ0v) is 12.1. The lowest BCUT2D eigenvalue weighted by Gasteiger charge is -2.19. The first kappa shape index (κ1) is 12.9. The van der Waals surface area contributed by atoms with Gasteiger partial charge in [0.15, 0.2) is 0 Å². The fourth-order valence-corrected chi connectivity index (χ4v) is 2.32. The van der Waals surface area contributed by atoms with Crippen molar-refractivity contribution in [3.05, 3.63) is 28.2 Å². The molecular weight excluding hydrogens is 278 g/mol. The predicted molar refractivity (Wildman–Crippen MR) is 74.6 cm³/mol. The number of aryl methyl sites for hydroxylation is 1. The van der Waals surface area contributed by atoms with Gasteiger partial charge in [-0.3, -0.25) is 0 Å². The van der Waals surface area contributed by atoms with E-state index in [0.29, 0.717) is 0 Å². The molecule has 1 saturated carbocycles. The van der Waals surface area contributed by atoms with Gasteiger partial charge in [0, 0.05) is 12.6 Å². The Kier molecular flexibility index (Phi) is 4.46. The number of hydrogen-bond donors (Lipinski definition) is 1. The molecule has 1 N–H and O–H groups in total. The summed E-state index contributed by atoms with van der Waals surface area (Å²) >= 11 is 3.55. The van der Waals surface area contributed by atoms with E-state index in [1.54, 1.807) is 0 Å². The van der Waals surface area contributed by atoms with E-state index < -0.39 is 0 Å². The van der Waals surface area contributed by atoms with Gasteiger partial charge in [0.25, 0.3) is 0 Å². The fourth-order valence-electron chi connectivity index (χ4n) is 1.74. The van der Waals surface area contributed by atoms with E-state index in [-0.39, 0.29) is 6.10 Å². The summed E-state index contributed by atoms with van der Waals surface area (Å²) in [6.45, 7) is 5.20. The second kappa shape index (κ2) is 5.87. The summed E-state index contributed by atoms with van der Waals surface area (Å²) in [7, 11) is 0. The summed E-state index contributed by atoms with van der Waals surface area (Å²) in [5.41, 5.74) is 1.24. The number of nitrogens with one attached hydrogen (secondary N) is 1. The summed E-state index contributed by atoms with van der Waals surface area (Å²) in [4.78, 5) is 0. The second-order valence-electron chi connectivity index (χ2n) is 4.76. The van der Waals surface area contributed by atoms with E-state index in [0.717, 1.165) is 29.2 Å². The molecule has 2 nitrogen and oxygen atoms in total.